The highest BCUT2D eigenvalue weighted by molar-refractivity contribution is 6.05. The average molecular weight is 371 g/mol. The van der Waals surface area contributed by atoms with Crippen LogP contribution in [0.4, 0.5) is 10.7 Å². The fourth-order valence-corrected chi connectivity index (χ4v) is 3.21. The number of nitrogens with zero attached hydrogens (tertiary/aromatic N) is 4. The van der Waals surface area contributed by atoms with Crippen LogP contribution in [0, 0.1) is 0 Å². The van der Waals surface area contributed by atoms with E-state index in [4.69, 9.17) is 10.5 Å². The molecule has 0 saturated heterocycles. The van der Waals surface area contributed by atoms with Crippen molar-refractivity contribution in [2.45, 2.75) is 52.7 Å². The van der Waals surface area contributed by atoms with Crippen LogP contribution in [0.2, 0.25) is 0 Å². The number of aromatic nitrogens is 3. The fraction of sp³-hybridized carbons (Fsp3) is 0.474. The lowest BCUT2D eigenvalue weighted by Crippen LogP contribution is -2.44. The predicted octanol–water partition coefficient (Wildman–Crippen LogP) is 2.87. The molecule has 144 valence electrons. The number of hydrogen-bond acceptors (Lipinski definition) is 6. The molecular formula is C19H25N5O3. The van der Waals surface area contributed by atoms with E-state index in [1.54, 1.807) is 39.1 Å². The van der Waals surface area contributed by atoms with Crippen molar-refractivity contribution in [3.8, 4) is 11.4 Å². The highest BCUT2D eigenvalue weighted by Gasteiger charge is 2.35. The summed E-state index contributed by atoms with van der Waals surface area (Å²) in [6.45, 7) is 8.44. The highest BCUT2D eigenvalue weighted by Crippen LogP contribution is 2.30. The van der Waals surface area contributed by atoms with Crippen molar-refractivity contribution in [3.05, 3.63) is 29.6 Å². The van der Waals surface area contributed by atoms with Crippen molar-refractivity contribution in [1.29, 1.82) is 0 Å². The van der Waals surface area contributed by atoms with Crippen molar-refractivity contribution in [3.63, 3.8) is 0 Å². The third-order valence-electron chi connectivity index (χ3n) is 4.25. The Hall–Kier alpha value is -2.90. The number of fused-ring (bicyclic) bond motifs is 1. The minimum absolute atomic E-state index is 0.177. The Balaban J connectivity index is 2.00. The SMILES string of the molecule is CCCn1c(-c2ccnc(N)n2)cc2c1CCN(C(=O)OC(C)(C)C)C2=O. The number of anilines is 1. The molecule has 27 heavy (non-hydrogen) atoms. The summed E-state index contributed by atoms with van der Waals surface area (Å²) in [5.74, 6) is -0.167. The molecule has 0 aromatic carbocycles. The van der Waals surface area contributed by atoms with Gasteiger partial charge in [-0.3, -0.25) is 4.79 Å². The van der Waals surface area contributed by atoms with Crippen LogP contribution in [0.15, 0.2) is 18.3 Å². The first kappa shape index (κ1) is 18.9. The van der Waals surface area contributed by atoms with Crippen molar-refractivity contribution < 1.29 is 14.3 Å². The van der Waals surface area contributed by atoms with Gasteiger partial charge in [0.1, 0.15) is 5.60 Å². The van der Waals surface area contributed by atoms with Gasteiger partial charge in [-0.2, -0.15) is 0 Å². The summed E-state index contributed by atoms with van der Waals surface area (Å²) in [6, 6.07) is 3.55. The van der Waals surface area contributed by atoms with E-state index < -0.39 is 11.7 Å². The monoisotopic (exact) mass is 371 g/mol. The lowest BCUT2D eigenvalue weighted by Gasteiger charge is -2.29. The Morgan fingerprint density at radius 2 is 2.11 bits per heavy atom. The molecule has 1 aliphatic heterocycles. The molecule has 3 rings (SSSR count). The van der Waals surface area contributed by atoms with Gasteiger partial charge in [0.25, 0.3) is 5.91 Å². The first-order chi connectivity index (χ1) is 12.7. The third-order valence-corrected chi connectivity index (χ3v) is 4.25. The van der Waals surface area contributed by atoms with Gasteiger partial charge in [-0.1, -0.05) is 6.92 Å². The van der Waals surface area contributed by atoms with Crippen molar-refractivity contribution in [2.24, 2.45) is 0 Å². The maximum atomic E-state index is 13.0. The molecule has 1 aliphatic rings. The number of hydrogen-bond donors (Lipinski definition) is 1. The molecule has 0 spiro atoms. The van der Waals surface area contributed by atoms with Crippen molar-refractivity contribution in [1.82, 2.24) is 19.4 Å². The molecule has 2 aromatic rings. The van der Waals surface area contributed by atoms with E-state index in [9.17, 15) is 9.59 Å². The Morgan fingerprint density at radius 1 is 1.37 bits per heavy atom. The average Bonchev–Trinajstić information content (AvgIpc) is 2.93. The fourth-order valence-electron chi connectivity index (χ4n) is 3.21. The van der Waals surface area contributed by atoms with Crippen molar-refractivity contribution in [2.75, 3.05) is 12.3 Å². The van der Waals surface area contributed by atoms with Gasteiger partial charge in [0.2, 0.25) is 5.95 Å². The van der Waals surface area contributed by atoms with Gasteiger partial charge >= 0.3 is 6.09 Å². The minimum Gasteiger partial charge on any atom is -0.443 e. The van der Waals surface area contributed by atoms with Gasteiger partial charge in [-0.05, 0) is 39.3 Å². The van der Waals surface area contributed by atoms with Crippen LogP contribution >= 0.6 is 0 Å². The van der Waals surface area contributed by atoms with Crippen LogP contribution in [0.25, 0.3) is 11.4 Å². The van der Waals surface area contributed by atoms with Crippen LogP contribution < -0.4 is 5.73 Å². The van der Waals surface area contributed by atoms with Crippen LogP contribution in [-0.2, 0) is 17.7 Å². The Kier molecular flexibility index (Phi) is 4.91. The molecule has 0 unspecified atom stereocenters. The first-order valence-electron chi connectivity index (χ1n) is 9.07. The minimum atomic E-state index is -0.657. The summed E-state index contributed by atoms with van der Waals surface area (Å²) in [4.78, 5) is 34.8. The van der Waals surface area contributed by atoms with E-state index >= 15 is 0 Å². The number of carbonyl (C=O) groups excluding carboxylic acids is 2. The predicted molar refractivity (Wildman–Crippen MR) is 101 cm³/mol. The zero-order valence-corrected chi connectivity index (χ0v) is 16.2. The second-order valence-electron chi connectivity index (χ2n) is 7.53. The first-order valence-corrected chi connectivity index (χ1v) is 9.07. The lowest BCUT2D eigenvalue weighted by molar-refractivity contribution is 0.0232. The maximum absolute atomic E-state index is 13.0. The van der Waals surface area contributed by atoms with E-state index in [1.807, 2.05) is 0 Å². The van der Waals surface area contributed by atoms with Gasteiger partial charge in [-0.15, -0.1) is 0 Å². The summed E-state index contributed by atoms with van der Waals surface area (Å²) >= 11 is 0. The molecule has 0 bridgehead atoms. The molecule has 3 heterocycles. The quantitative estimate of drug-likeness (QED) is 0.890. The number of carbonyl (C=O) groups is 2. The summed E-state index contributed by atoms with van der Waals surface area (Å²) in [6.07, 6.45) is 2.45. The maximum Gasteiger partial charge on any atom is 0.417 e. The highest BCUT2D eigenvalue weighted by atomic mass is 16.6. The number of imide groups is 1. The smallest absolute Gasteiger partial charge is 0.417 e. The summed E-state index contributed by atoms with van der Waals surface area (Å²) in [7, 11) is 0. The van der Waals surface area contributed by atoms with Gasteiger partial charge in [0.05, 0.1) is 17.0 Å². The number of rotatable bonds is 3. The second kappa shape index (κ2) is 7.02. The molecule has 0 radical (unpaired) electrons. The van der Waals surface area contributed by atoms with Gasteiger partial charge in [0, 0.05) is 31.4 Å². The van der Waals surface area contributed by atoms with Crippen LogP contribution in [0.1, 0.15) is 50.2 Å². The van der Waals surface area contributed by atoms with E-state index in [1.165, 1.54) is 4.90 Å². The molecule has 2 N–H and O–H groups in total. The Bertz CT molecular complexity index is 882. The van der Waals surface area contributed by atoms with Crippen LogP contribution in [0.5, 0.6) is 0 Å². The summed E-state index contributed by atoms with van der Waals surface area (Å²) in [5.41, 5.74) is 7.94. The number of nitrogens with two attached hydrogens (primary N) is 1. The summed E-state index contributed by atoms with van der Waals surface area (Å²) in [5, 5.41) is 0. The molecule has 0 aliphatic carbocycles. The van der Waals surface area contributed by atoms with Gasteiger partial charge in [-0.25, -0.2) is 19.7 Å². The molecule has 0 saturated carbocycles. The van der Waals surface area contributed by atoms with E-state index in [-0.39, 0.29) is 11.9 Å². The van der Waals surface area contributed by atoms with Gasteiger partial charge in [0.15, 0.2) is 0 Å². The molecule has 2 amide bonds. The van der Waals surface area contributed by atoms with Crippen molar-refractivity contribution >= 4 is 17.9 Å². The topological polar surface area (TPSA) is 103 Å². The van der Waals surface area contributed by atoms with E-state index in [2.05, 4.69) is 21.5 Å². The normalized spacial score (nSPS) is 14.2. The third kappa shape index (κ3) is 3.79. The molecule has 0 atom stereocenters. The zero-order chi connectivity index (χ0) is 19.8. The van der Waals surface area contributed by atoms with E-state index in [0.717, 1.165) is 24.4 Å². The Labute approximate surface area is 158 Å². The number of ether oxygens (including phenoxy) is 1. The van der Waals surface area contributed by atoms with Gasteiger partial charge < -0.3 is 15.0 Å². The standard InChI is InChI=1S/C19H25N5O3/c1-5-9-23-14-7-10-24(18(26)27-19(2,3)4)16(25)12(14)11-15(23)13-6-8-21-17(20)22-13/h6,8,11H,5,7,9-10H2,1-4H3,(H2,20,21,22). The van der Waals surface area contributed by atoms with Crippen LogP contribution in [0.3, 0.4) is 0 Å². The van der Waals surface area contributed by atoms with Crippen LogP contribution in [-0.4, -0.2) is 43.6 Å². The molecular weight excluding hydrogens is 346 g/mol. The number of nitrogen functional groups attached to an aromatic ring is 1. The Morgan fingerprint density at radius 3 is 2.74 bits per heavy atom. The van der Waals surface area contributed by atoms with E-state index in [0.29, 0.717) is 24.2 Å². The molecule has 8 heteroatoms. The molecule has 0 fully saturated rings. The molecule has 8 nitrogen and oxygen atoms in total. The number of amides is 2. The lowest BCUT2D eigenvalue weighted by atomic mass is 10.1. The molecule has 2 aromatic heterocycles. The summed E-state index contributed by atoms with van der Waals surface area (Å²) < 4.78 is 7.45. The zero-order valence-electron chi connectivity index (χ0n) is 16.2. The second-order valence-corrected chi connectivity index (χ2v) is 7.53. The largest absolute Gasteiger partial charge is 0.443 e.